The van der Waals surface area contributed by atoms with Crippen LogP contribution in [0.25, 0.3) is 16.8 Å². The third-order valence-corrected chi connectivity index (χ3v) is 3.88. The van der Waals surface area contributed by atoms with Crippen molar-refractivity contribution in [2.24, 2.45) is 0 Å². The lowest BCUT2D eigenvalue weighted by atomic mass is 9.92. The first-order chi connectivity index (χ1) is 10.5. The summed E-state index contributed by atoms with van der Waals surface area (Å²) >= 11 is 0. The SMILES string of the molecule is CCOc1cc(/C=C2\C(=O)NNC2(C)C)c2ccccc2c1. The number of hydrazine groups is 1. The molecule has 1 aliphatic heterocycles. The molecule has 0 aromatic heterocycles. The zero-order valence-corrected chi connectivity index (χ0v) is 13.1. The molecule has 0 saturated carbocycles. The first-order valence-electron chi connectivity index (χ1n) is 7.46. The van der Waals surface area contributed by atoms with Crippen molar-refractivity contribution in [3.8, 4) is 5.75 Å². The van der Waals surface area contributed by atoms with Crippen molar-refractivity contribution >= 4 is 22.8 Å². The maximum Gasteiger partial charge on any atom is 0.263 e. The lowest BCUT2D eigenvalue weighted by molar-refractivity contribution is -0.116. The second-order valence-electron chi connectivity index (χ2n) is 5.93. The predicted octanol–water partition coefficient (Wildman–Crippen LogP) is 3.03. The molecule has 114 valence electrons. The summed E-state index contributed by atoms with van der Waals surface area (Å²) in [6.45, 7) is 6.53. The van der Waals surface area contributed by atoms with Gasteiger partial charge in [0, 0.05) is 5.57 Å². The largest absolute Gasteiger partial charge is 0.494 e. The summed E-state index contributed by atoms with van der Waals surface area (Å²) in [4.78, 5) is 12.1. The van der Waals surface area contributed by atoms with Crippen LogP contribution in [0.5, 0.6) is 5.75 Å². The first-order valence-corrected chi connectivity index (χ1v) is 7.46. The highest BCUT2D eigenvalue weighted by Crippen LogP contribution is 2.30. The molecule has 2 aromatic rings. The number of hydrogen-bond donors (Lipinski definition) is 2. The van der Waals surface area contributed by atoms with Gasteiger partial charge in [-0.05, 0) is 55.3 Å². The zero-order chi connectivity index (χ0) is 15.7. The van der Waals surface area contributed by atoms with Crippen molar-refractivity contribution in [3.63, 3.8) is 0 Å². The Morgan fingerprint density at radius 1 is 1.23 bits per heavy atom. The maximum absolute atomic E-state index is 12.1. The van der Waals surface area contributed by atoms with E-state index in [2.05, 4.69) is 23.0 Å². The standard InChI is InChI=1S/C18H20N2O2/c1-4-22-14-9-12-7-5-6-8-15(12)13(10-14)11-16-17(21)19-20-18(16,2)3/h5-11,20H,4H2,1-3H3,(H,19,21)/b16-11+. The Morgan fingerprint density at radius 3 is 2.68 bits per heavy atom. The summed E-state index contributed by atoms with van der Waals surface area (Å²) in [5, 5.41) is 2.21. The van der Waals surface area contributed by atoms with Gasteiger partial charge in [0.15, 0.2) is 0 Å². The van der Waals surface area contributed by atoms with Gasteiger partial charge in [0.1, 0.15) is 5.75 Å². The van der Waals surface area contributed by atoms with Gasteiger partial charge in [-0.25, -0.2) is 5.43 Å². The molecule has 22 heavy (non-hydrogen) atoms. The van der Waals surface area contributed by atoms with Crippen molar-refractivity contribution in [2.75, 3.05) is 6.61 Å². The third-order valence-electron chi connectivity index (χ3n) is 3.88. The molecule has 0 atom stereocenters. The minimum Gasteiger partial charge on any atom is -0.494 e. The first kappa shape index (κ1) is 14.6. The van der Waals surface area contributed by atoms with Gasteiger partial charge in [0.25, 0.3) is 5.91 Å². The van der Waals surface area contributed by atoms with Crippen LogP contribution in [0.3, 0.4) is 0 Å². The summed E-state index contributed by atoms with van der Waals surface area (Å²) < 4.78 is 5.65. The molecular formula is C18H20N2O2. The molecule has 0 bridgehead atoms. The highest BCUT2D eigenvalue weighted by molar-refractivity contribution is 6.04. The van der Waals surface area contributed by atoms with Crippen LogP contribution in [0.1, 0.15) is 26.3 Å². The van der Waals surface area contributed by atoms with E-state index in [9.17, 15) is 4.79 Å². The topological polar surface area (TPSA) is 50.4 Å². The van der Waals surface area contributed by atoms with E-state index in [1.54, 1.807) is 0 Å². The van der Waals surface area contributed by atoms with Gasteiger partial charge in [-0.2, -0.15) is 0 Å². The fraction of sp³-hybridized carbons (Fsp3) is 0.278. The number of carbonyl (C=O) groups excluding carboxylic acids is 1. The number of rotatable bonds is 3. The molecule has 4 heteroatoms. The Morgan fingerprint density at radius 2 is 2.00 bits per heavy atom. The fourth-order valence-corrected chi connectivity index (χ4v) is 2.71. The molecule has 2 N–H and O–H groups in total. The lowest BCUT2D eigenvalue weighted by Gasteiger charge is -2.17. The minimum atomic E-state index is -0.403. The Balaban J connectivity index is 2.19. The van der Waals surface area contributed by atoms with Gasteiger partial charge in [-0.15, -0.1) is 0 Å². The average molecular weight is 296 g/mol. The van der Waals surface area contributed by atoms with Crippen molar-refractivity contribution in [1.29, 1.82) is 0 Å². The molecule has 1 amide bonds. The van der Waals surface area contributed by atoms with E-state index in [0.29, 0.717) is 12.2 Å². The van der Waals surface area contributed by atoms with Crippen LogP contribution in [-0.2, 0) is 4.79 Å². The number of carbonyl (C=O) groups is 1. The number of nitrogens with one attached hydrogen (secondary N) is 2. The Hall–Kier alpha value is -2.33. The van der Waals surface area contributed by atoms with Crippen molar-refractivity contribution in [2.45, 2.75) is 26.3 Å². The third kappa shape index (κ3) is 2.57. The summed E-state index contributed by atoms with van der Waals surface area (Å²) in [5.41, 5.74) is 6.98. The van der Waals surface area contributed by atoms with E-state index in [-0.39, 0.29) is 5.91 Å². The van der Waals surface area contributed by atoms with E-state index in [4.69, 9.17) is 4.74 Å². The Bertz CT molecular complexity index is 763. The van der Waals surface area contributed by atoms with Crippen LogP contribution in [0, 0.1) is 0 Å². The lowest BCUT2D eigenvalue weighted by Crippen LogP contribution is -2.38. The highest BCUT2D eigenvalue weighted by atomic mass is 16.5. The molecule has 0 aliphatic carbocycles. The minimum absolute atomic E-state index is 0.0871. The second-order valence-corrected chi connectivity index (χ2v) is 5.93. The van der Waals surface area contributed by atoms with Gasteiger partial charge < -0.3 is 4.74 Å². The number of ether oxygens (including phenoxy) is 1. The Kier molecular flexibility index (Phi) is 3.62. The monoisotopic (exact) mass is 296 g/mol. The van der Waals surface area contributed by atoms with Crippen LogP contribution < -0.4 is 15.6 Å². The molecule has 1 heterocycles. The van der Waals surface area contributed by atoms with E-state index in [1.165, 1.54) is 0 Å². The van der Waals surface area contributed by atoms with Crippen molar-refractivity contribution in [3.05, 3.63) is 47.5 Å². The van der Waals surface area contributed by atoms with E-state index in [0.717, 1.165) is 22.1 Å². The van der Waals surface area contributed by atoms with Crippen LogP contribution >= 0.6 is 0 Å². The number of benzene rings is 2. The number of fused-ring (bicyclic) bond motifs is 1. The van der Waals surface area contributed by atoms with E-state index < -0.39 is 5.54 Å². The molecule has 1 fully saturated rings. The molecule has 0 radical (unpaired) electrons. The molecule has 4 nitrogen and oxygen atoms in total. The van der Waals surface area contributed by atoms with Crippen molar-refractivity contribution in [1.82, 2.24) is 10.9 Å². The predicted molar refractivity (Wildman–Crippen MR) is 88.5 cm³/mol. The van der Waals surface area contributed by atoms with Gasteiger partial charge in [-0.3, -0.25) is 10.2 Å². The second kappa shape index (κ2) is 5.46. The van der Waals surface area contributed by atoms with Gasteiger partial charge in [-0.1, -0.05) is 24.3 Å². The summed E-state index contributed by atoms with van der Waals surface area (Å²) in [5.74, 6) is 0.730. The van der Waals surface area contributed by atoms with E-state index >= 15 is 0 Å². The molecular weight excluding hydrogens is 276 g/mol. The quantitative estimate of drug-likeness (QED) is 0.856. The summed E-state index contributed by atoms with van der Waals surface area (Å²) in [6.07, 6.45) is 1.94. The zero-order valence-electron chi connectivity index (χ0n) is 13.1. The van der Waals surface area contributed by atoms with Crippen LogP contribution in [0.4, 0.5) is 0 Å². The maximum atomic E-state index is 12.1. The smallest absolute Gasteiger partial charge is 0.263 e. The van der Waals surface area contributed by atoms with Crippen molar-refractivity contribution < 1.29 is 9.53 Å². The van der Waals surface area contributed by atoms with Gasteiger partial charge in [0.2, 0.25) is 0 Å². The van der Waals surface area contributed by atoms with Crippen LogP contribution in [0.2, 0.25) is 0 Å². The number of hydrogen-bond acceptors (Lipinski definition) is 3. The molecule has 0 unspecified atom stereocenters. The normalized spacial score (nSPS) is 18.7. The molecule has 1 saturated heterocycles. The Labute approximate surface area is 130 Å². The molecule has 2 aromatic carbocycles. The molecule has 0 spiro atoms. The molecule has 3 rings (SSSR count). The van der Waals surface area contributed by atoms with Gasteiger partial charge in [0.05, 0.1) is 12.1 Å². The summed E-state index contributed by atoms with van der Waals surface area (Å²) in [6, 6.07) is 12.1. The van der Waals surface area contributed by atoms with Crippen LogP contribution in [0.15, 0.2) is 42.0 Å². The van der Waals surface area contributed by atoms with E-state index in [1.807, 2.05) is 51.1 Å². The summed E-state index contributed by atoms with van der Waals surface area (Å²) in [7, 11) is 0. The average Bonchev–Trinajstić information content (AvgIpc) is 2.74. The van der Waals surface area contributed by atoms with Crippen LogP contribution in [-0.4, -0.2) is 18.1 Å². The number of amides is 1. The highest BCUT2D eigenvalue weighted by Gasteiger charge is 2.35. The molecule has 1 aliphatic rings. The van der Waals surface area contributed by atoms with Gasteiger partial charge >= 0.3 is 0 Å². The fourth-order valence-electron chi connectivity index (χ4n) is 2.71.